The van der Waals surface area contributed by atoms with Crippen LogP contribution in [0.1, 0.15) is 19.4 Å². The first-order valence-corrected chi connectivity index (χ1v) is 10.4. The third-order valence-electron chi connectivity index (χ3n) is 3.61. The van der Waals surface area contributed by atoms with Gasteiger partial charge in [-0.2, -0.15) is 0 Å². The van der Waals surface area contributed by atoms with Gasteiger partial charge in [0.2, 0.25) is 0 Å². The number of benzene rings is 1. The summed E-state index contributed by atoms with van der Waals surface area (Å²) in [6, 6.07) is 10.8. The van der Waals surface area contributed by atoms with Crippen LogP contribution in [0.15, 0.2) is 43.1 Å². The van der Waals surface area contributed by atoms with Crippen LogP contribution in [0, 0.1) is 3.70 Å². The van der Waals surface area contributed by atoms with Crippen molar-refractivity contribution in [3.05, 3.63) is 52.4 Å². The fourth-order valence-corrected chi connectivity index (χ4v) is 3.97. The Balaban J connectivity index is 2.60. The van der Waals surface area contributed by atoms with Gasteiger partial charge in [0, 0.05) is 0 Å². The molecule has 0 amide bonds. The average molecular weight is 393 g/mol. The van der Waals surface area contributed by atoms with E-state index in [1.165, 1.54) is 26.1 Å². The molecule has 2 nitrogen and oxygen atoms in total. The number of halogens is 1. The van der Waals surface area contributed by atoms with Gasteiger partial charge in [0.1, 0.15) is 0 Å². The van der Waals surface area contributed by atoms with Gasteiger partial charge in [0.25, 0.3) is 0 Å². The summed E-state index contributed by atoms with van der Waals surface area (Å²) in [5.41, 5.74) is 4.96. The fraction of sp³-hybridized carbons (Fsp3) is 0.278. The Morgan fingerprint density at radius 1 is 1.19 bits per heavy atom. The van der Waals surface area contributed by atoms with E-state index in [0.29, 0.717) is 0 Å². The molecule has 0 radical (unpaired) electrons. The van der Waals surface area contributed by atoms with Gasteiger partial charge in [-0.1, -0.05) is 0 Å². The maximum atomic E-state index is 4.56. The van der Waals surface area contributed by atoms with Crippen molar-refractivity contribution in [1.29, 1.82) is 0 Å². The minimum atomic E-state index is -0.0485. The Hall–Kier alpha value is -1.36. The number of hydrogen-bond donors (Lipinski definition) is 0. The van der Waals surface area contributed by atoms with Crippen molar-refractivity contribution in [2.45, 2.75) is 13.8 Å². The summed E-state index contributed by atoms with van der Waals surface area (Å²) in [6.45, 7) is 10.4. The number of hydrogen-bond acceptors (Lipinski definition) is 2. The Morgan fingerprint density at radius 2 is 1.95 bits per heavy atom. The summed E-state index contributed by atoms with van der Waals surface area (Å²) in [5, 5.41) is 0. The molecule has 3 heteroatoms. The van der Waals surface area contributed by atoms with Crippen LogP contribution in [0.3, 0.4) is 0 Å². The van der Waals surface area contributed by atoms with E-state index in [2.05, 4.69) is 59.5 Å². The molecule has 0 aliphatic rings. The summed E-state index contributed by atoms with van der Waals surface area (Å²) in [4.78, 5) is 9.19. The summed E-state index contributed by atoms with van der Waals surface area (Å²) in [5.74, 6) is 0. The van der Waals surface area contributed by atoms with Crippen LogP contribution in [0.4, 0.5) is 5.69 Å². The molecule has 2 rings (SSSR count). The second-order valence-electron chi connectivity index (χ2n) is 4.68. The van der Waals surface area contributed by atoms with Gasteiger partial charge in [-0.3, -0.25) is 0 Å². The topological polar surface area (TPSA) is 16.1 Å². The molecule has 0 saturated heterocycles. The van der Waals surface area contributed by atoms with Crippen LogP contribution in [-0.2, 0) is 0 Å². The van der Waals surface area contributed by atoms with Gasteiger partial charge in [0.05, 0.1) is 0 Å². The quantitative estimate of drug-likeness (QED) is 0.416. The molecule has 0 aliphatic carbocycles. The standard InChI is InChI=1S/C18H22IN2/c1-5-14-10-11-15(21(6-2)7-3)13-17(14)16-9-8-12-20-18(16)19-4/h5,8-13H,1,6-7H2,2-4H3/q-1. The van der Waals surface area contributed by atoms with Crippen LogP contribution in [0.2, 0.25) is 0 Å². The first-order chi connectivity index (χ1) is 10.2. The number of pyridine rings is 1. The molecule has 21 heavy (non-hydrogen) atoms. The zero-order valence-corrected chi connectivity index (χ0v) is 15.1. The normalized spacial score (nSPS) is 10.6. The third kappa shape index (κ3) is 3.46. The Morgan fingerprint density at radius 3 is 2.57 bits per heavy atom. The fourth-order valence-electron chi connectivity index (χ4n) is 2.48. The monoisotopic (exact) mass is 393 g/mol. The molecule has 0 atom stereocenters. The summed E-state index contributed by atoms with van der Waals surface area (Å²) in [6.07, 6.45) is 3.83. The maximum absolute atomic E-state index is 4.56. The van der Waals surface area contributed by atoms with Crippen molar-refractivity contribution in [2.75, 3.05) is 22.9 Å². The second kappa shape index (κ2) is 7.59. The molecule has 0 aliphatic heterocycles. The van der Waals surface area contributed by atoms with E-state index in [9.17, 15) is 0 Å². The van der Waals surface area contributed by atoms with Crippen LogP contribution < -0.4 is 26.1 Å². The van der Waals surface area contributed by atoms with E-state index >= 15 is 0 Å². The molecule has 0 N–H and O–H groups in total. The molecule has 0 saturated carbocycles. The van der Waals surface area contributed by atoms with Gasteiger partial charge < -0.3 is 0 Å². The van der Waals surface area contributed by atoms with Crippen molar-refractivity contribution in [3.63, 3.8) is 0 Å². The minimum absolute atomic E-state index is 0.0485. The number of nitrogens with zero attached hydrogens (tertiary/aromatic N) is 2. The zero-order valence-electron chi connectivity index (χ0n) is 12.9. The first kappa shape index (κ1) is 16.0. The molecule has 112 valence electrons. The number of aromatic nitrogens is 1. The van der Waals surface area contributed by atoms with Gasteiger partial charge in [0.15, 0.2) is 0 Å². The van der Waals surface area contributed by atoms with E-state index in [1.807, 2.05) is 18.3 Å². The molecule has 2 aromatic rings. The second-order valence-corrected chi connectivity index (χ2v) is 6.78. The Labute approximate surface area is 138 Å². The average Bonchev–Trinajstić information content (AvgIpc) is 2.55. The van der Waals surface area contributed by atoms with Crippen LogP contribution in [0.25, 0.3) is 17.2 Å². The number of anilines is 1. The summed E-state index contributed by atoms with van der Waals surface area (Å²) < 4.78 is 1.25. The molecular formula is C18H22IN2-. The molecule has 1 aromatic heterocycles. The Kier molecular flexibility index (Phi) is 5.79. The van der Waals surface area contributed by atoms with Gasteiger partial charge in [-0.05, 0) is 0 Å². The van der Waals surface area contributed by atoms with E-state index in [1.54, 1.807) is 0 Å². The van der Waals surface area contributed by atoms with Crippen molar-refractivity contribution < 1.29 is 21.2 Å². The van der Waals surface area contributed by atoms with E-state index < -0.39 is 0 Å². The van der Waals surface area contributed by atoms with E-state index in [0.717, 1.165) is 13.1 Å². The number of alkyl halides is 1. The first-order valence-electron chi connectivity index (χ1n) is 7.21. The Bertz CT molecular complexity index is 618. The van der Waals surface area contributed by atoms with Crippen LogP contribution >= 0.6 is 0 Å². The molecule has 0 fully saturated rings. The molecule has 0 bridgehead atoms. The zero-order chi connectivity index (χ0) is 15.2. The number of rotatable bonds is 6. The van der Waals surface area contributed by atoms with Crippen LogP contribution in [-0.4, -0.2) is 23.0 Å². The third-order valence-corrected chi connectivity index (χ3v) is 5.50. The van der Waals surface area contributed by atoms with Crippen molar-refractivity contribution in [2.24, 2.45) is 0 Å². The van der Waals surface area contributed by atoms with Gasteiger partial charge >= 0.3 is 138 Å². The molecule has 0 unspecified atom stereocenters. The van der Waals surface area contributed by atoms with Crippen LogP contribution in [0.5, 0.6) is 0 Å². The van der Waals surface area contributed by atoms with Gasteiger partial charge in [-0.25, -0.2) is 0 Å². The van der Waals surface area contributed by atoms with E-state index in [4.69, 9.17) is 0 Å². The molecular weight excluding hydrogens is 371 g/mol. The summed E-state index contributed by atoms with van der Waals surface area (Å²) >= 11 is -0.0485. The van der Waals surface area contributed by atoms with Gasteiger partial charge in [-0.15, -0.1) is 0 Å². The molecule has 0 spiro atoms. The molecule has 1 heterocycles. The molecule has 1 aromatic carbocycles. The van der Waals surface area contributed by atoms with Crippen molar-refractivity contribution in [3.8, 4) is 11.1 Å². The SMILES string of the molecule is C=Cc1ccc(N(CC)CC)cc1-c1cccnc1[I-]C. The summed E-state index contributed by atoms with van der Waals surface area (Å²) in [7, 11) is 0. The van der Waals surface area contributed by atoms with Crippen molar-refractivity contribution >= 4 is 11.8 Å². The predicted molar refractivity (Wildman–Crippen MR) is 87.9 cm³/mol. The predicted octanol–water partition coefficient (Wildman–Crippen LogP) is 1.13. The van der Waals surface area contributed by atoms with Crippen molar-refractivity contribution in [1.82, 2.24) is 4.98 Å². The van der Waals surface area contributed by atoms with E-state index in [-0.39, 0.29) is 21.2 Å².